The van der Waals surface area contributed by atoms with Gasteiger partial charge < -0.3 is 10.2 Å². The third-order valence-electron chi connectivity index (χ3n) is 2.97. The van der Waals surface area contributed by atoms with Crippen molar-refractivity contribution in [3.05, 3.63) is 59.4 Å². The average Bonchev–Trinajstić information content (AvgIpc) is 2.48. The molecule has 2 amide bonds. The van der Waals surface area contributed by atoms with Crippen LogP contribution >= 0.6 is 11.6 Å². The van der Waals surface area contributed by atoms with Crippen LogP contribution in [0.2, 0.25) is 5.02 Å². The van der Waals surface area contributed by atoms with Crippen LogP contribution in [0.3, 0.4) is 0 Å². The highest BCUT2D eigenvalue weighted by Gasteiger charge is 2.16. The first-order valence-electron chi connectivity index (χ1n) is 6.55. The summed E-state index contributed by atoms with van der Waals surface area (Å²) in [4.78, 5) is 25.0. The molecule has 2 rings (SSSR count). The molecule has 6 heteroatoms. The Kier molecular flexibility index (Phi) is 5.12. The molecular weight excluding hydrogens is 307 g/mol. The smallest absolute Gasteiger partial charge is 0.244 e. The maximum Gasteiger partial charge on any atom is 0.244 e. The van der Waals surface area contributed by atoms with Crippen molar-refractivity contribution in [2.75, 3.05) is 16.8 Å². The summed E-state index contributed by atoms with van der Waals surface area (Å²) in [7, 11) is 0. The monoisotopic (exact) mass is 320 g/mol. The molecule has 0 aliphatic heterocycles. The van der Waals surface area contributed by atoms with E-state index in [1.807, 2.05) is 0 Å². The molecule has 0 aromatic heterocycles. The predicted octanol–water partition coefficient (Wildman–Crippen LogP) is 3.47. The van der Waals surface area contributed by atoms with E-state index in [9.17, 15) is 14.0 Å². The third kappa shape index (κ3) is 4.05. The van der Waals surface area contributed by atoms with Crippen molar-refractivity contribution in [1.29, 1.82) is 0 Å². The minimum absolute atomic E-state index is 0.188. The normalized spacial score (nSPS) is 10.1. The van der Waals surface area contributed by atoms with Gasteiger partial charge in [-0.15, -0.1) is 0 Å². The van der Waals surface area contributed by atoms with Crippen LogP contribution in [0, 0.1) is 5.82 Å². The van der Waals surface area contributed by atoms with Gasteiger partial charge in [0.25, 0.3) is 0 Å². The van der Waals surface area contributed by atoms with Gasteiger partial charge in [0.2, 0.25) is 11.8 Å². The van der Waals surface area contributed by atoms with Crippen molar-refractivity contribution in [3.8, 4) is 0 Å². The summed E-state index contributed by atoms with van der Waals surface area (Å²) in [6.45, 7) is 1.15. The highest BCUT2D eigenvalue weighted by molar-refractivity contribution is 6.33. The van der Waals surface area contributed by atoms with Crippen molar-refractivity contribution >= 4 is 34.8 Å². The molecule has 0 bridgehead atoms. The first-order chi connectivity index (χ1) is 10.5. The van der Waals surface area contributed by atoms with Gasteiger partial charge in [-0.3, -0.25) is 9.59 Å². The average molecular weight is 321 g/mol. The molecule has 114 valence electrons. The van der Waals surface area contributed by atoms with Gasteiger partial charge in [-0.2, -0.15) is 0 Å². The Balaban J connectivity index is 2.11. The van der Waals surface area contributed by atoms with E-state index in [1.165, 1.54) is 36.1 Å². The van der Waals surface area contributed by atoms with E-state index in [2.05, 4.69) is 5.32 Å². The second kappa shape index (κ2) is 7.04. The Hall–Kier alpha value is -2.40. The Morgan fingerprint density at radius 3 is 2.36 bits per heavy atom. The first kappa shape index (κ1) is 16.0. The van der Waals surface area contributed by atoms with Crippen LogP contribution in [0.5, 0.6) is 0 Å². The van der Waals surface area contributed by atoms with E-state index in [-0.39, 0.29) is 12.5 Å². The molecule has 0 heterocycles. The van der Waals surface area contributed by atoms with Crippen LogP contribution in [-0.4, -0.2) is 18.4 Å². The van der Waals surface area contributed by atoms with Gasteiger partial charge >= 0.3 is 0 Å². The number of nitrogens with one attached hydrogen (secondary N) is 1. The van der Waals surface area contributed by atoms with Gasteiger partial charge in [0.05, 0.1) is 10.7 Å². The lowest BCUT2D eigenvalue weighted by molar-refractivity contribution is -0.120. The van der Waals surface area contributed by atoms with E-state index < -0.39 is 11.7 Å². The molecule has 0 spiro atoms. The number of rotatable bonds is 4. The highest BCUT2D eigenvalue weighted by Crippen LogP contribution is 2.21. The van der Waals surface area contributed by atoms with Crippen LogP contribution < -0.4 is 10.2 Å². The van der Waals surface area contributed by atoms with Gasteiger partial charge in [0.1, 0.15) is 12.4 Å². The second-order valence-corrected chi connectivity index (χ2v) is 5.02. The summed E-state index contributed by atoms with van der Waals surface area (Å²) in [5.41, 5.74) is 0.917. The molecule has 2 aromatic rings. The molecule has 0 unspecified atom stereocenters. The number of benzene rings is 2. The van der Waals surface area contributed by atoms with Crippen LogP contribution in [0.25, 0.3) is 0 Å². The van der Waals surface area contributed by atoms with Crippen LogP contribution in [-0.2, 0) is 9.59 Å². The summed E-state index contributed by atoms with van der Waals surface area (Å²) in [5.74, 6) is -1.12. The quantitative estimate of drug-likeness (QED) is 0.937. The van der Waals surface area contributed by atoms with Gasteiger partial charge in [-0.05, 0) is 36.4 Å². The van der Waals surface area contributed by atoms with E-state index in [4.69, 9.17) is 11.6 Å². The Labute approximate surface area is 132 Å². The number of anilines is 2. The summed E-state index contributed by atoms with van der Waals surface area (Å²) in [6.07, 6.45) is 0. The molecular formula is C16H14ClFN2O2. The van der Waals surface area contributed by atoms with Crippen molar-refractivity contribution in [1.82, 2.24) is 0 Å². The van der Waals surface area contributed by atoms with Crippen molar-refractivity contribution in [2.24, 2.45) is 0 Å². The van der Waals surface area contributed by atoms with Crippen molar-refractivity contribution < 1.29 is 14.0 Å². The Bertz CT molecular complexity index is 689. The van der Waals surface area contributed by atoms with Gasteiger partial charge in [0, 0.05) is 12.6 Å². The summed E-state index contributed by atoms with van der Waals surface area (Å²) >= 11 is 5.96. The molecule has 0 radical (unpaired) electrons. The number of nitrogens with zero attached hydrogens (tertiary/aromatic N) is 1. The van der Waals surface area contributed by atoms with Crippen LogP contribution in [0.4, 0.5) is 15.8 Å². The fourth-order valence-electron chi connectivity index (χ4n) is 1.90. The number of hydrogen-bond acceptors (Lipinski definition) is 2. The molecule has 4 nitrogen and oxygen atoms in total. The van der Waals surface area contributed by atoms with E-state index in [0.717, 1.165) is 0 Å². The molecule has 2 aromatic carbocycles. The lowest BCUT2D eigenvalue weighted by Crippen LogP contribution is -2.36. The SMILES string of the molecule is CC(=O)N(CC(=O)Nc1ccccc1Cl)c1ccc(F)cc1. The number of carbonyl (C=O) groups is 2. The molecule has 0 saturated carbocycles. The maximum atomic E-state index is 12.9. The van der Waals surface area contributed by atoms with Crippen LogP contribution in [0.15, 0.2) is 48.5 Å². The standard InChI is InChI=1S/C16H14ClFN2O2/c1-11(21)20(13-8-6-12(18)7-9-13)10-16(22)19-15-5-3-2-4-14(15)17/h2-9H,10H2,1H3,(H,19,22). The first-order valence-corrected chi connectivity index (χ1v) is 6.93. The summed E-state index contributed by atoms with van der Waals surface area (Å²) in [6, 6.07) is 12.2. The van der Waals surface area contributed by atoms with Crippen molar-refractivity contribution in [2.45, 2.75) is 6.92 Å². The van der Waals surface area contributed by atoms with E-state index in [0.29, 0.717) is 16.4 Å². The minimum atomic E-state index is -0.409. The van der Waals surface area contributed by atoms with Gasteiger partial charge in [0.15, 0.2) is 0 Å². The largest absolute Gasteiger partial charge is 0.323 e. The van der Waals surface area contributed by atoms with Crippen molar-refractivity contribution in [3.63, 3.8) is 0 Å². The molecule has 0 atom stereocenters. The zero-order valence-electron chi connectivity index (χ0n) is 11.8. The number of carbonyl (C=O) groups excluding carboxylic acids is 2. The number of para-hydroxylation sites is 1. The fraction of sp³-hybridized carbons (Fsp3) is 0.125. The maximum absolute atomic E-state index is 12.9. The third-order valence-corrected chi connectivity index (χ3v) is 3.30. The molecule has 0 saturated heterocycles. The molecule has 0 aliphatic carbocycles. The Morgan fingerprint density at radius 1 is 1.14 bits per heavy atom. The zero-order chi connectivity index (χ0) is 16.1. The molecule has 0 aliphatic rings. The molecule has 22 heavy (non-hydrogen) atoms. The van der Waals surface area contributed by atoms with E-state index in [1.54, 1.807) is 24.3 Å². The second-order valence-electron chi connectivity index (χ2n) is 4.61. The van der Waals surface area contributed by atoms with E-state index >= 15 is 0 Å². The van der Waals surface area contributed by atoms with Gasteiger partial charge in [-0.1, -0.05) is 23.7 Å². The fourth-order valence-corrected chi connectivity index (χ4v) is 2.08. The number of amides is 2. The number of hydrogen-bond donors (Lipinski definition) is 1. The highest BCUT2D eigenvalue weighted by atomic mass is 35.5. The minimum Gasteiger partial charge on any atom is -0.323 e. The van der Waals surface area contributed by atoms with Crippen LogP contribution in [0.1, 0.15) is 6.92 Å². The Morgan fingerprint density at radius 2 is 1.77 bits per heavy atom. The van der Waals surface area contributed by atoms with Gasteiger partial charge in [-0.25, -0.2) is 4.39 Å². The number of halogens is 2. The lowest BCUT2D eigenvalue weighted by atomic mass is 10.2. The molecule has 1 N–H and O–H groups in total. The molecule has 0 fully saturated rings. The summed E-state index contributed by atoms with van der Waals surface area (Å²) < 4.78 is 12.9. The predicted molar refractivity (Wildman–Crippen MR) is 84.5 cm³/mol. The lowest BCUT2D eigenvalue weighted by Gasteiger charge is -2.20. The zero-order valence-corrected chi connectivity index (χ0v) is 12.6. The summed E-state index contributed by atoms with van der Waals surface area (Å²) in [5, 5.41) is 3.05. The topological polar surface area (TPSA) is 49.4 Å².